The zero-order valence-electron chi connectivity index (χ0n) is 14.9. The number of hydrogen-bond donors (Lipinski definition) is 1. The number of ether oxygens (including phenoxy) is 2. The van der Waals surface area contributed by atoms with Crippen molar-refractivity contribution in [2.75, 3.05) is 6.61 Å². The van der Waals surface area contributed by atoms with Crippen LogP contribution in [0.15, 0.2) is 18.2 Å². The first-order chi connectivity index (χ1) is 11.8. The van der Waals surface area contributed by atoms with E-state index >= 15 is 0 Å². The van der Waals surface area contributed by atoms with Crippen LogP contribution in [-0.4, -0.2) is 39.0 Å². The molecule has 1 aliphatic heterocycles. The molecule has 2 heterocycles. The summed E-state index contributed by atoms with van der Waals surface area (Å²) in [5, 5.41) is 13.0. The third-order valence-corrected chi connectivity index (χ3v) is 4.39. The molecule has 1 aliphatic rings. The van der Waals surface area contributed by atoms with Crippen molar-refractivity contribution in [2.45, 2.75) is 57.5 Å². The van der Waals surface area contributed by atoms with Gasteiger partial charge < -0.3 is 14.6 Å². The summed E-state index contributed by atoms with van der Waals surface area (Å²) < 4.78 is 12.2. The highest BCUT2D eigenvalue weighted by molar-refractivity contribution is 5.90. The van der Waals surface area contributed by atoms with E-state index in [1.165, 1.54) is 10.7 Å². The van der Waals surface area contributed by atoms with Crippen molar-refractivity contribution in [2.24, 2.45) is 7.05 Å². The van der Waals surface area contributed by atoms with Gasteiger partial charge in [-0.25, -0.2) is 9.59 Å². The molecule has 1 atom stereocenters. The Hall–Kier alpha value is -2.31. The van der Waals surface area contributed by atoms with Gasteiger partial charge in [-0.2, -0.15) is 0 Å². The lowest BCUT2D eigenvalue weighted by Crippen LogP contribution is -2.23. The summed E-state index contributed by atoms with van der Waals surface area (Å²) in [7, 11) is 1.58. The molecule has 0 aliphatic carbocycles. The number of aromatic nitrogens is 2. The largest absolute Gasteiger partial charge is 0.477 e. The molecule has 0 bridgehead atoms. The Bertz CT molecular complexity index is 634. The van der Waals surface area contributed by atoms with Gasteiger partial charge in [0.2, 0.25) is 5.88 Å². The van der Waals surface area contributed by atoms with E-state index in [2.05, 4.69) is 11.7 Å². The fourth-order valence-corrected chi connectivity index (χ4v) is 3.01. The molecule has 0 aromatic carbocycles. The zero-order chi connectivity index (χ0) is 18.4. The number of hydrogen-bond acceptors (Lipinski definition) is 5. The minimum atomic E-state index is -1.02. The van der Waals surface area contributed by atoms with Gasteiger partial charge in [-0.3, -0.25) is 4.68 Å². The fraction of sp³-hybridized carbons (Fsp3) is 0.611. The number of cyclic esters (lactones) is 1. The third-order valence-electron chi connectivity index (χ3n) is 4.39. The molecule has 138 valence electrons. The van der Waals surface area contributed by atoms with E-state index < -0.39 is 5.97 Å². The van der Waals surface area contributed by atoms with Crippen LogP contribution in [0.1, 0.15) is 62.4 Å². The van der Waals surface area contributed by atoms with E-state index in [1.807, 2.05) is 6.92 Å². The van der Waals surface area contributed by atoms with Gasteiger partial charge in [0.05, 0.1) is 6.61 Å². The van der Waals surface area contributed by atoms with E-state index in [9.17, 15) is 9.59 Å². The molecule has 2 rings (SSSR count). The van der Waals surface area contributed by atoms with Crippen molar-refractivity contribution in [1.29, 1.82) is 0 Å². The smallest absolute Gasteiger partial charge is 0.354 e. The molecule has 1 unspecified atom stereocenters. The summed E-state index contributed by atoms with van der Waals surface area (Å²) in [6, 6.07) is 1.43. The minimum absolute atomic E-state index is 0.110. The monoisotopic (exact) mass is 350 g/mol. The summed E-state index contributed by atoms with van der Waals surface area (Å²) in [5.74, 6) is -0.939. The van der Waals surface area contributed by atoms with Crippen molar-refractivity contribution >= 4 is 11.9 Å². The van der Waals surface area contributed by atoms with Gasteiger partial charge in [-0.1, -0.05) is 25.8 Å². The highest BCUT2D eigenvalue weighted by Gasteiger charge is 2.37. The topological polar surface area (TPSA) is 90.7 Å². The van der Waals surface area contributed by atoms with Gasteiger partial charge in [-0.15, -0.1) is 5.10 Å². The highest BCUT2D eigenvalue weighted by atomic mass is 16.6. The quantitative estimate of drug-likeness (QED) is 0.396. The molecule has 0 saturated carbocycles. The fourth-order valence-electron chi connectivity index (χ4n) is 3.01. The second-order valence-electron chi connectivity index (χ2n) is 6.78. The lowest BCUT2D eigenvalue weighted by Gasteiger charge is -2.21. The Morgan fingerprint density at radius 1 is 1.40 bits per heavy atom. The molecule has 1 saturated heterocycles. The lowest BCUT2D eigenvalue weighted by atomic mass is 9.93. The average molecular weight is 350 g/mol. The molecular weight excluding hydrogens is 324 g/mol. The normalized spacial score (nSPS) is 19.9. The van der Waals surface area contributed by atoms with Gasteiger partial charge in [0.15, 0.2) is 0 Å². The summed E-state index contributed by atoms with van der Waals surface area (Å²) in [4.78, 5) is 22.3. The standard InChI is InChI=1S/C18H26N2O5/c1-13-12-18(2,25-17(13)23)9-7-5-4-6-8-10-24-15-11-14(16(21)22)20(3)19-15/h11H,1,4-10,12H2,2-3H3,(H,21,22). The summed E-state index contributed by atoms with van der Waals surface area (Å²) in [6.07, 6.45) is 6.58. The van der Waals surface area contributed by atoms with Crippen LogP contribution in [0.25, 0.3) is 0 Å². The number of carbonyl (C=O) groups is 2. The molecule has 1 fully saturated rings. The molecule has 0 radical (unpaired) electrons. The Balaban J connectivity index is 1.54. The molecule has 7 heteroatoms. The van der Waals surface area contributed by atoms with Crippen molar-refractivity contribution in [3.05, 3.63) is 23.9 Å². The van der Waals surface area contributed by atoms with Gasteiger partial charge in [0.25, 0.3) is 0 Å². The maximum atomic E-state index is 11.4. The van der Waals surface area contributed by atoms with Crippen LogP contribution < -0.4 is 4.74 Å². The average Bonchev–Trinajstić information content (AvgIpc) is 3.02. The molecule has 1 aromatic rings. The molecule has 1 aromatic heterocycles. The Kier molecular flexibility index (Phi) is 6.22. The summed E-state index contributed by atoms with van der Waals surface area (Å²) >= 11 is 0. The second kappa shape index (κ2) is 8.18. The first-order valence-corrected chi connectivity index (χ1v) is 8.62. The molecule has 25 heavy (non-hydrogen) atoms. The third kappa shape index (κ3) is 5.34. The van der Waals surface area contributed by atoms with Crippen LogP contribution >= 0.6 is 0 Å². The number of unbranched alkanes of at least 4 members (excludes halogenated alkanes) is 4. The van der Waals surface area contributed by atoms with Crippen LogP contribution in [0.4, 0.5) is 0 Å². The van der Waals surface area contributed by atoms with Gasteiger partial charge in [-0.05, 0) is 26.2 Å². The van der Waals surface area contributed by atoms with Gasteiger partial charge in [0, 0.05) is 25.1 Å². The Morgan fingerprint density at radius 3 is 2.68 bits per heavy atom. The van der Waals surface area contributed by atoms with Crippen molar-refractivity contribution < 1.29 is 24.2 Å². The van der Waals surface area contributed by atoms with Crippen LogP contribution in [-0.2, 0) is 16.6 Å². The number of nitrogens with zero attached hydrogens (tertiary/aromatic N) is 2. The predicted octanol–water partition coefficient (Wildman–Crippen LogP) is 3.10. The predicted molar refractivity (Wildman–Crippen MR) is 91.6 cm³/mol. The second-order valence-corrected chi connectivity index (χ2v) is 6.78. The SMILES string of the molecule is C=C1CC(C)(CCCCCCCOc2cc(C(=O)O)n(C)n2)OC1=O. The van der Waals surface area contributed by atoms with Gasteiger partial charge >= 0.3 is 11.9 Å². The number of aromatic carboxylic acids is 1. The Labute approximate surface area is 147 Å². The number of rotatable bonds is 10. The maximum Gasteiger partial charge on any atom is 0.354 e. The van der Waals surface area contributed by atoms with E-state index in [0.29, 0.717) is 24.5 Å². The van der Waals surface area contributed by atoms with Crippen LogP contribution in [0.2, 0.25) is 0 Å². The van der Waals surface area contributed by atoms with Gasteiger partial charge in [0.1, 0.15) is 11.3 Å². The zero-order valence-corrected chi connectivity index (χ0v) is 14.9. The number of carboxylic acid groups (broad SMARTS) is 1. The van der Waals surface area contributed by atoms with E-state index in [-0.39, 0.29) is 17.3 Å². The first-order valence-electron chi connectivity index (χ1n) is 8.62. The van der Waals surface area contributed by atoms with Crippen molar-refractivity contribution in [3.63, 3.8) is 0 Å². The molecule has 0 amide bonds. The number of carbonyl (C=O) groups excluding carboxylic acids is 1. The molecule has 7 nitrogen and oxygen atoms in total. The van der Waals surface area contributed by atoms with Crippen LogP contribution in [0, 0.1) is 0 Å². The first kappa shape index (κ1) is 19.0. The van der Waals surface area contributed by atoms with E-state index in [1.54, 1.807) is 7.05 Å². The summed E-state index contributed by atoms with van der Waals surface area (Å²) in [6.45, 7) is 6.21. The minimum Gasteiger partial charge on any atom is -0.477 e. The Morgan fingerprint density at radius 2 is 2.08 bits per heavy atom. The molecule has 0 spiro atoms. The van der Waals surface area contributed by atoms with Crippen LogP contribution in [0.5, 0.6) is 5.88 Å². The van der Waals surface area contributed by atoms with Crippen molar-refractivity contribution in [1.82, 2.24) is 9.78 Å². The molecular formula is C18H26N2O5. The molecule has 1 N–H and O–H groups in total. The van der Waals surface area contributed by atoms with E-state index in [0.717, 1.165) is 38.5 Å². The maximum absolute atomic E-state index is 11.4. The number of carboxylic acids is 1. The number of esters is 1. The van der Waals surface area contributed by atoms with Crippen molar-refractivity contribution in [3.8, 4) is 5.88 Å². The highest BCUT2D eigenvalue weighted by Crippen LogP contribution is 2.33. The number of aryl methyl sites for hydroxylation is 1. The summed E-state index contributed by atoms with van der Waals surface area (Å²) in [5.41, 5.74) is 0.303. The van der Waals surface area contributed by atoms with E-state index in [4.69, 9.17) is 14.6 Å². The van der Waals surface area contributed by atoms with Crippen LogP contribution in [0.3, 0.4) is 0 Å². The lowest BCUT2D eigenvalue weighted by molar-refractivity contribution is -0.145.